The van der Waals surface area contributed by atoms with Gasteiger partial charge >= 0.3 is 0 Å². The van der Waals surface area contributed by atoms with Crippen LogP contribution in [0.15, 0.2) is 24.3 Å². The van der Waals surface area contributed by atoms with E-state index in [9.17, 15) is 9.18 Å². The third kappa shape index (κ3) is 4.18. The Labute approximate surface area is 117 Å². The van der Waals surface area contributed by atoms with E-state index >= 15 is 0 Å². The Morgan fingerprint density at radius 2 is 2.30 bits per heavy atom. The first-order valence-corrected chi connectivity index (χ1v) is 6.54. The van der Waals surface area contributed by atoms with E-state index in [1.807, 2.05) is 0 Å². The Morgan fingerprint density at radius 3 is 3.00 bits per heavy atom. The minimum atomic E-state index is -0.584. The first-order chi connectivity index (χ1) is 9.66. The molecule has 2 rings (SSSR count). The molecular formula is C14H18FNO4. The average molecular weight is 283 g/mol. The van der Waals surface area contributed by atoms with Crippen LogP contribution in [0.4, 0.5) is 4.39 Å². The molecule has 20 heavy (non-hydrogen) atoms. The molecule has 110 valence electrons. The van der Waals surface area contributed by atoms with Crippen molar-refractivity contribution in [3.05, 3.63) is 30.1 Å². The molecule has 0 aromatic heterocycles. The number of nitrogens with one attached hydrogen (secondary N) is 1. The van der Waals surface area contributed by atoms with Gasteiger partial charge < -0.3 is 19.5 Å². The molecule has 0 bridgehead atoms. The number of halogens is 1. The fourth-order valence-electron chi connectivity index (χ4n) is 1.79. The molecule has 1 aliphatic rings. The van der Waals surface area contributed by atoms with Crippen LogP contribution in [-0.2, 0) is 14.3 Å². The van der Waals surface area contributed by atoms with Crippen LogP contribution in [-0.4, -0.2) is 44.5 Å². The summed E-state index contributed by atoms with van der Waals surface area (Å²) in [6.07, 6.45) is -0.584. The van der Waals surface area contributed by atoms with E-state index in [1.54, 1.807) is 25.1 Å². The van der Waals surface area contributed by atoms with Crippen LogP contribution >= 0.6 is 0 Å². The molecule has 1 fully saturated rings. The van der Waals surface area contributed by atoms with Gasteiger partial charge in [-0.2, -0.15) is 0 Å². The van der Waals surface area contributed by atoms with Crippen molar-refractivity contribution in [1.82, 2.24) is 5.32 Å². The molecule has 1 amide bonds. The molecule has 2 atom stereocenters. The highest BCUT2D eigenvalue weighted by Gasteiger charge is 2.23. The molecule has 5 nitrogen and oxygen atoms in total. The molecule has 1 heterocycles. The smallest absolute Gasteiger partial charge is 0.251 e. The molecular weight excluding hydrogens is 265 g/mol. The van der Waals surface area contributed by atoms with Gasteiger partial charge in [-0.1, -0.05) is 12.1 Å². The van der Waals surface area contributed by atoms with E-state index in [2.05, 4.69) is 5.32 Å². The van der Waals surface area contributed by atoms with Crippen LogP contribution in [0.3, 0.4) is 0 Å². The summed E-state index contributed by atoms with van der Waals surface area (Å²) in [6.45, 7) is 3.14. The first-order valence-electron chi connectivity index (χ1n) is 6.54. The molecule has 0 saturated carbocycles. The summed E-state index contributed by atoms with van der Waals surface area (Å²) in [6, 6.07) is 5.89. The highest BCUT2D eigenvalue weighted by atomic mass is 19.1. The number of ether oxygens (including phenoxy) is 3. The molecule has 0 spiro atoms. The zero-order chi connectivity index (χ0) is 14.4. The van der Waals surface area contributed by atoms with Gasteiger partial charge in [0.05, 0.1) is 25.9 Å². The third-order valence-electron chi connectivity index (χ3n) is 2.82. The van der Waals surface area contributed by atoms with E-state index in [0.717, 1.165) is 0 Å². The van der Waals surface area contributed by atoms with Crippen LogP contribution in [0.25, 0.3) is 0 Å². The van der Waals surface area contributed by atoms with E-state index < -0.39 is 11.9 Å². The number of carbonyl (C=O) groups is 1. The standard InChI is InChI=1S/C14H18FNO4/c1-10(8-20-12-5-3-2-4-11(12)15)16-14(17)13-9-18-6-7-19-13/h2-5,10,13H,6-9H2,1H3,(H,16,17)/t10-,13-/m0/s1. The van der Waals surface area contributed by atoms with Gasteiger partial charge in [0.15, 0.2) is 17.7 Å². The summed E-state index contributed by atoms with van der Waals surface area (Å²) >= 11 is 0. The van der Waals surface area contributed by atoms with E-state index in [0.29, 0.717) is 13.2 Å². The topological polar surface area (TPSA) is 56.8 Å². The zero-order valence-electron chi connectivity index (χ0n) is 11.3. The first kappa shape index (κ1) is 14.7. The monoisotopic (exact) mass is 283 g/mol. The molecule has 1 aliphatic heterocycles. The highest BCUT2D eigenvalue weighted by Crippen LogP contribution is 2.15. The third-order valence-corrected chi connectivity index (χ3v) is 2.82. The maximum atomic E-state index is 13.3. The van der Waals surface area contributed by atoms with E-state index in [1.165, 1.54) is 6.07 Å². The van der Waals surface area contributed by atoms with Gasteiger partial charge in [0.2, 0.25) is 0 Å². The molecule has 6 heteroatoms. The summed E-state index contributed by atoms with van der Waals surface area (Å²) in [5.41, 5.74) is 0. The molecule has 1 aromatic rings. The van der Waals surface area contributed by atoms with Crippen molar-refractivity contribution < 1.29 is 23.4 Å². The van der Waals surface area contributed by atoms with Gasteiger partial charge in [-0.15, -0.1) is 0 Å². The maximum absolute atomic E-state index is 13.3. The number of benzene rings is 1. The predicted molar refractivity (Wildman–Crippen MR) is 70.1 cm³/mol. The van der Waals surface area contributed by atoms with Crippen LogP contribution in [0.2, 0.25) is 0 Å². The summed E-state index contributed by atoms with van der Waals surface area (Å²) in [7, 11) is 0. The lowest BCUT2D eigenvalue weighted by Crippen LogP contribution is -2.47. The Bertz CT molecular complexity index is 449. The Balaban J connectivity index is 1.76. The van der Waals surface area contributed by atoms with Crippen molar-refractivity contribution in [3.63, 3.8) is 0 Å². The lowest BCUT2D eigenvalue weighted by atomic mass is 10.3. The summed E-state index contributed by atoms with van der Waals surface area (Å²) in [5, 5.41) is 2.75. The van der Waals surface area contributed by atoms with Crippen molar-refractivity contribution in [2.45, 2.75) is 19.1 Å². The molecule has 0 aliphatic carbocycles. The van der Waals surface area contributed by atoms with Gasteiger partial charge in [0, 0.05) is 0 Å². The Kier molecular flexibility index (Phi) is 5.31. The van der Waals surface area contributed by atoms with Crippen LogP contribution in [0, 0.1) is 5.82 Å². The highest BCUT2D eigenvalue weighted by molar-refractivity contribution is 5.81. The number of amides is 1. The summed E-state index contributed by atoms with van der Waals surface area (Å²) in [5.74, 6) is -0.491. The van der Waals surface area contributed by atoms with Crippen molar-refractivity contribution in [1.29, 1.82) is 0 Å². The van der Waals surface area contributed by atoms with Gasteiger partial charge in [-0.05, 0) is 19.1 Å². The average Bonchev–Trinajstić information content (AvgIpc) is 2.47. The van der Waals surface area contributed by atoms with Crippen molar-refractivity contribution in [2.24, 2.45) is 0 Å². The summed E-state index contributed by atoms with van der Waals surface area (Å²) < 4.78 is 29.1. The van der Waals surface area contributed by atoms with Gasteiger partial charge in [0.25, 0.3) is 5.91 Å². The van der Waals surface area contributed by atoms with Crippen molar-refractivity contribution in [2.75, 3.05) is 26.4 Å². The Morgan fingerprint density at radius 1 is 1.50 bits per heavy atom. The fraction of sp³-hybridized carbons (Fsp3) is 0.500. The number of carbonyl (C=O) groups excluding carboxylic acids is 1. The van der Waals surface area contributed by atoms with Gasteiger partial charge in [0.1, 0.15) is 6.61 Å². The molecule has 1 N–H and O–H groups in total. The minimum Gasteiger partial charge on any atom is -0.488 e. The van der Waals surface area contributed by atoms with Crippen LogP contribution < -0.4 is 10.1 Å². The van der Waals surface area contributed by atoms with Gasteiger partial charge in [-0.25, -0.2) is 4.39 Å². The largest absolute Gasteiger partial charge is 0.488 e. The maximum Gasteiger partial charge on any atom is 0.251 e. The van der Waals surface area contributed by atoms with Crippen molar-refractivity contribution in [3.8, 4) is 5.75 Å². The minimum absolute atomic E-state index is 0.172. The molecule has 1 saturated heterocycles. The molecule has 0 unspecified atom stereocenters. The quantitative estimate of drug-likeness (QED) is 0.880. The van der Waals surface area contributed by atoms with Crippen LogP contribution in [0.1, 0.15) is 6.92 Å². The van der Waals surface area contributed by atoms with Crippen LogP contribution in [0.5, 0.6) is 5.75 Å². The normalized spacial score (nSPS) is 20.2. The summed E-state index contributed by atoms with van der Waals surface area (Å²) in [4.78, 5) is 11.8. The number of para-hydroxylation sites is 1. The van der Waals surface area contributed by atoms with Crippen molar-refractivity contribution >= 4 is 5.91 Å². The SMILES string of the molecule is C[C@@H](COc1ccccc1F)NC(=O)[C@@H]1COCCO1. The second-order valence-electron chi connectivity index (χ2n) is 4.59. The second-order valence-corrected chi connectivity index (χ2v) is 4.59. The molecule has 0 radical (unpaired) electrons. The predicted octanol–water partition coefficient (Wildman–Crippen LogP) is 1.12. The van der Waals surface area contributed by atoms with Gasteiger partial charge in [-0.3, -0.25) is 4.79 Å². The second kappa shape index (κ2) is 7.21. The van der Waals surface area contributed by atoms with E-state index in [-0.39, 0.29) is 30.9 Å². The lowest BCUT2D eigenvalue weighted by Gasteiger charge is -2.24. The number of hydrogen-bond acceptors (Lipinski definition) is 4. The molecule has 1 aromatic carbocycles. The lowest BCUT2D eigenvalue weighted by molar-refractivity contribution is -0.148. The zero-order valence-corrected chi connectivity index (χ0v) is 11.3. The number of rotatable bonds is 5. The van der Waals surface area contributed by atoms with E-state index in [4.69, 9.17) is 14.2 Å². The Hall–Kier alpha value is -1.66. The number of hydrogen-bond donors (Lipinski definition) is 1. The fourth-order valence-corrected chi connectivity index (χ4v) is 1.79.